The van der Waals surface area contributed by atoms with Crippen molar-refractivity contribution in [3.8, 4) is 17.1 Å². The minimum atomic E-state index is -2.82. The van der Waals surface area contributed by atoms with E-state index in [9.17, 15) is 13.6 Å². The lowest BCUT2D eigenvalue weighted by molar-refractivity contribution is -0.139. The van der Waals surface area contributed by atoms with E-state index in [0.717, 1.165) is 16.7 Å². The largest absolute Gasteiger partial charge is 0.493 e. The fraction of sp³-hybridized carbons (Fsp3) is 0.320. The van der Waals surface area contributed by atoms with Gasteiger partial charge in [-0.1, -0.05) is 36.9 Å². The number of esters is 1. The number of ether oxygens (including phenoxy) is 2. The molecule has 164 valence electrons. The van der Waals surface area contributed by atoms with Crippen molar-refractivity contribution in [2.24, 2.45) is 0 Å². The Labute approximate surface area is 180 Å². The molecule has 0 atom stereocenters. The average molecular weight is 428 g/mol. The van der Waals surface area contributed by atoms with Crippen LogP contribution in [0.4, 0.5) is 8.78 Å². The third-order valence-electron chi connectivity index (χ3n) is 4.77. The molecule has 0 aliphatic rings. The number of carbonyl (C=O) groups is 1. The zero-order chi connectivity index (χ0) is 22.3. The molecule has 1 heterocycles. The van der Waals surface area contributed by atoms with Gasteiger partial charge in [-0.05, 0) is 38.0 Å². The zero-order valence-electron chi connectivity index (χ0n) is 17.5. The first-order valence-corrected chi connectivity index (χ1v) is 10.3. The normalized spacial score (nSPS) is 11.5. The van der Waals surface area contributed by atoms with Crippen LogP contribution in [-0.2, 0) is 9.53 Å². The fourth-order valence-electron chi connectivity index (χ4n) is 3.11. The molecular weight excluding hydrogens is 402 g/mol. The minimum Gasteiger partial charge on any atom is -0.493 e. The fourth-order valence-corrected chi connectivity index (χ4v) is 3.11. The number of furan rings is 1. The molecule has 6 heteroatoms. The lowest BCUT2D eigenvalue weighted by Gasteiger charge is -2.16. The maximum atomic E-state index is 14.0. The van der Waals surface area contributed by atoms with Gasteiger partial charge in [0.25, 0.3) is 0 Å². The molecule has 0 aliphatic carbocycles. The van der Waals surface area contributed by atoms with Gasteiger partial charge in [0, 0.05) is 35.4 Å². The van der Waals surface area contributed by atoms with Crippen LogP contribution in [0.2, 0.25) is 0 Å². The van der Waals surface area contributed by atoms with Gasteiger partial charge in [-0.15, -0.1) is 0 Å². The molecule has 0 bridgehead atoms. The summed E-state index contributed by atoms with van der Waals surface area (Å²) in [5, 5.41) is 0.949. The Morgan fingerprint density at radius 3 is 2.45 bits per heavy atom. The Morgan fingerprint density at radius 2 is 1.74 bits per heavy atom. The number of halogens is 2. The van der Waals surface area contributed by atoms with Crippen molar-refractivity contribution in [1.29, 1.82) is 0 Å². The number of alkyl halides is 2. The molecule has 31 heavy (non-hydrogen) atoms. The van der Waals surface area contributed by atoms with Gasteiger partial charge in [-0.2, -0.15) is 0 Å². The number of fused-ring (bicyclic) bond motifs is 1. The number of rotatable bonds is 11. The third-order valence-corrected chi connectivity index (χ3v) is 4.77. The summed E-state index contributed by atoms with van der Waals surface area (Å²) >= 11 is 0. The molecule has 0 radical (unpaired) electrons. The van der Waals surface area contributed by atoms with Crippen molar-refractivity contribution in [1.82, 2.24) is 0 Å². The summed E-state index contributed by atoms with van der Waals surface area (Å²) in [5.74, 6) is -2.03. The summed E-state index contributed by atoms with van der Waals surface area (Å²) in [6.07, 6.45) is -0.310. The van der Waals surface area contributed by atoms with Crippen molar-refractivity contribution >= 4 is 16.9 Å². The first-order valence-electron chi connectivity index (χ1n) is 10.3. The van der Waals surface area contributed by atoms with E-state index in [4.69, 9.17) is 13.9 Å². The minimum absolute atomic E-state index is 0.0358. The molecule has 4 nitrogen and oxygen atoms in total. The molecule has 0 amide bonds. The maximum Gasteiger partial charge on any atom is 0.333 e. The van der Waals surface area contributed by atoms with Gasteiger partial charge < -0.3 is 13.9 Å². The summed E-state index contributed by atoms with van der Waals surface area (Å²) < 4.78 is 44.3. The lowest BCUT2D eigenvalue weighted by Crippen LogP contribution is -2.18. The molecule has 0 saturated heterocycles. The van der Waals surface area contributed by atoms with Crippen LogP contribution < -0.4 is 4.74 Å². The lowest BCUT2D eigenvalue weighted by atomic mass is 10.1. The van der Waals surface area contributed by atoms with Crippen molar-refractivity contribution in [3.05, 3.63) is 66.7 Å². The van der Waals surface area contributed by atoms with Gasteiger partial charge in [0.2, 0.25) is 5.92 Å². The Bertz CT molecular complexity index is 1020. The smallest absolute Gasteiger partial charge is 0.333 e. The molecule has 0 aliphatic heterocycles. The summed E-state index contributed by atoms with van der Waals surface area (Å²) in [5.41, 5.74) is 1.93. The van der Waals surface area contributed by atoms with Crippen LogP contribution in [0.15, 0.2) is 71.2 Å². The van der Waals surface area contributed by atoms with E-state index in [-0.39, 0.29) is 44.5 Å². The van der Waals surface area contributed by atoms with E-state index in [1.54, 1.807) is 12.1 Å². The zero-order valence-corrected chi connectivity index (χ0v) is 17.5. The highest BCUT2D eigenvalue weighted by molar-refractivity contribution is 5.87. The second-order valence-corrected chi connectivity index (χ2v) is 7.50. The van der Waals surface area contributed by atoms with Crippen LogP contribution >= 0.6 is 0 Å². The van der Waals surface area contributed by atoms with E-state index in [0.29, 0.717) is 11.3 Å². The van der Waals surface area contributed by atoms with Gasteiger partial charge in [0.15, 0.2) is 0 Å². The summed E-state index contributed by atoms with van der Waals surface area (Å²) in [6.45, 7) is 5.11. The summed E-state index contributed by atoms with van der Waals surface area (Å²) in [7, 11) is 0. The van der Waals surface area contributed by atoms with Gasteiger partial charge in [-0.3, -0.25) is 0 Å². The first-order chi connectivity index (χ1) is 14.8. The molecule has 0 fully saturated rings. The molecule has 1 aromatic heterocycles. The molecule has 0 saturated carbocycles. The highest BCUT2D eigenvalue weighted by Gasteiger charge is 2.27. The Morgan fingerprint density at radius 1 is 1.03 bits per heavy atom. The van der Waals surface area contributed by atoms with E-state index in [1.165, 1.54) is 6.92 Å². The Balaban J connectivity index is 1.43. The van der Waals surface area contributed by atoms with Crippen LogP contribution in [-0.4, -0.2) is 25.1 Å². The van der Waals surface area contributed by atoms with Crippen LogP contribution in [0.1, 0.15) is 32.6 Å². The van der Waals surface area contributed by atoms with Crippen molar-refractivity contribution < 1.29 is 27.5 Å². The van der Waals surface area contributed by atoms with Gasteiger partial charge >= 0.3 is 5.97 Å². The standard InChI is InChI=1S/C25H26F2O4/c1-18(2)24(28)30-15-7-13-25(26,27)12-6-14-29-21-11-10-20-16-22(31-23(20)17-21)19-8-4-3-5-9-19/h3-5,8-11,16-17H,1,6-7,12-15H2,2H3. The predicted molar refractivity (Wildman–Crippen MR) is 116 cm³/mol. The SMILES string of the molecule is C=C(C)C(=O)OCCCC(F)(F)CCCOc1ccc2cc(-c3ccccc3)oc2c1. The first kappa shape index (κ1) is 22.5. The second-order valence-electron chi connectivity index (χ2n) is 7.50. The topological polar surface area (TPSA) is 48.7 Å². The van der Waals surface area contributed by atoms with E-state index < -0.39 is 11.9 Å². The van der Waals surface area contributed by atoms with Gasteiger partial charge in [-0.25, -0.2) is 13.6 Å². The molecule has 0 N–H and O–H groups in total. The summed E-state index contributed by atoms with van der Waals surface area (Å²) in [6, 6.07) is 17.2. The summed E-state index contributed by atoms with van der Waals surface area (Å²) in [4.78, 5) is 11.2. The van der Waals surface area contributed by atoms with Crippen molar-refractivity contribution in [3.63, 3.8) is 0 Å². The van der Waals surface area contributed by atoms with Gasteiger partial charge in [0.05, 0.1) is 13.2 Å². The average Bonchev–Trinajstić information content (AvgIpc) is 3.18. The number of hydrogen-bond acceptors (Lipinski definition) is 4. The van der Waals surface area contributed by atoms with E-state index in [2.05, 4.69) is 6.58 Å². The molecule has 2 aromatic carbocycles. The highest BCUT2D eigenvalue weighted by Crippen LogP contribution is 2.30. The molecule has 3 rings (SSSR count). The molecular formula is C25H26F2O4. The van der Waals surface area contributed by atoms with Crippen molar-refractivity contribution in [2.45, 2.75) is 38.5 Å². The Hall–Kier alpha value is -3.15. The van der Waals surface area contributed by atoms with Crippen LogP contribution in [0, 0.1) is 0 Å². The van der Waals surface area contributed by atoms with Gasteiger partial charge in [0.1, 0.15) is 17.1 Å². The quantitative estimate of drug-likeness (QED) is 0.192. The van der Waals surface area contributed by atoms with Crippen LogP contribution in [0.5, 0.6) is 5.75 Å². The van der Waals surface area contributed by atoms with Crippen molar-refractivity contribution in [2.75, 3.05) is 13.2 Å². The molecule has 0 unspecified atom stereocenters. The number of benzene rings is 2. The maximum absolute atomic E-state index is 14.0. The highest BCUT2D eigenvalue weighted by atomic mass is 19.3. The number of hydrogen-bond donors (Lipinski definition) is 0. The second kappa shape index (κ2) is 10.2. The molecule has 0 spiro atoms. The molecule has 3 aromatic rings. The third kappa shape index (κ3) is 6.67. The van der Waals surface area contributed by atoms with Crippen LogP contribution in [0.3, 0.4) is 0 Å². The van der Waals surface area contributed by atoms with Crippen LogP contribution in [0.25, 0.3) is 22.3 Å². The number of carbonyl (C=O) groups excluding carboxylic acids is 1. The van der Waals surface area contributed by atoms with E-state index in [1.807, 2.05) is 42.5 Å². The predicted octanol–water partition coefficient (Wildman–Crippen LogP) is 6.79. The monoisotopic (exact) mass is 428 g/mol. The van der Waals surface area contributed by atoms with E-state index >= 15 is 0 Å². The Kier molecular flexibility index (Phi) is 7.45.